The van der Waals surface area contributed by atoms with Crippen molar-refractivity contribution in [3.05, 3.63) is 149 Å². The minimum absolute atomic E-state index is 0.0509. The topological polar surface area (TPSA) is 110 Å². The fraction of sp³-hybridized carbons (Fsp3) is 0.348. The average molecular weight is 936 g/mol. The number of aliphatic hydroxyl groups excluding tert-OH is 2. The molecule has 1 aliphatic rings. The second-order valence-electron chi connectivity index (χ2n) is 13.4. The van der Waals surface area contributed by atoms with Gasteiger partial charge in [0.25, 0.3) is 0 Å². The third-order valence-corrected chi connectivity index (χ3v) is 10.3. The Balaban J connectivity index is 0.000000223. The Hall–Kier alpha value is -3.93. The van der Waals surface area contributed by atoms with Gasteiger partial charge in [0.2, 0.25) is 0 Å². The number of pyridine rings is 2. The van der Waals surface area contributed by atoms with Gasteiger partial charge in [-0.15, -0.1) is 0 Å². The van der Waals surface area contributed by atoms with Crippen LogP contribution >= 0.6 is 19.4 Å². The normalized spacial score (nSPS) is 11.9. The van der Waals surface area contributed by atoms with E-state index in [0.717, 1.165) is 30.2 Å². The summed E-state index contributed by atoms with van der Waals surface area (Å²) in [6.07, 6.45) is 6.68. The van der Waals surface area contributed by atoms with Crippen LogP contribution in [0.4, 0.5) is 11.4 Å². The zero-order chi connectivity index (χ0) is 42.8. The number of anilines is 2. The maximum absolute atomic E-state index is 8.41. The monoisotopic (exact) mass is 935 g/mol. The summed E-state index contributed by atoms with van der Waals surface area (Å²) in [6.45, 7) is 20.4. The molecule has 1 fully saturated rings. The van der Waals surface area contributed by atoms with Gasteiger partial charge in [-0.1, -0.05) is 35.4 Å². The van der Waals surface area contributed by atoms with Crippen molar-refractivity contribution in [3.8, 4) is 11.5 Å². The van der Waals surface area contributed by atoms with Crippen LogP contribution in [-0.4, -0.2) is 90.7 Å². The molecule has 322 valence electrons. The molecule has 3 heterocycles. The van der Waals surface area contributed by atoms with Crippen LogP contribution in [0.25, 0.3) is 0 Å². The number of nitrogens with zero attached hydrogens (tertiary/aromatic N) is 4. The van der Waals surface area contributed by atoms with E-state index in [2.05, 4.69) is 92.2 Å². The Labute approximate surface area is 364 Å². The number of rotatable bonds is 15. The molecular weight excluding hydrogens is 877 g/mol. The molecule has 1 saturated heterocycles. The van der Waals surface area contributed by atoms with Gasteiger partial charge in [0.05, 0.1) is 39.6 Å². The van der Waals surface area contributed by atoms with Crippen LogP contribution in [-0.2, 0) is 23.0 Å². The molecule has 5 aromatic rings. The molecule has 2 aromatic heterocycles. The third-order valence-electron chi connectivity index (χ3n) is 8.46. The molecular formula is C46H59Cl2N4O6Ru-. The Bertz CT molecular complexity index is 1780. The van der Waals surface area contributed by atoms with Crippen LogP contribution in [0.15, 0.2) is 104 Å². The van der Waals surface area contributed by atoms with Crippen molar-refractivity contribution >= 4 is 35.4 Å². The molecule has 6 rings (SSSR count). The Morgan fingerprint density at radius 2 is 0.983 bits per heavy atom. The number of aromatic nitrogens is 2. The first kappa shape index (κ1) is 49.4. The predicted molar refractivity (Wildman–Crippen MR) is 239 cm³/mol. The number of hydrogen-bond donors (Lipinski definition) is 2. The van der Waals surface area contributed by atoms with Crippen LogP contribution in [0.1, 0.15) is 38.9 Å². The Kier molecular flexibility index (Phi) is 23.9. The first-order valence-corrected chi connectivity index (χ1v) is 24.8. The van der Waals surface area contributed by atoms with Gasteiger partial charge in [-0.3, -0.25) is 9.97 Å². The van der Waals surface area contributed by atoms with E-state index in [0.29, 0.717) is 39.6 Å². The van der Waals surface area contributed by atoms with E-state index in [1.54, 1.807) is 49.1 Å². The first-order chi connectivity index (χ1) is 28.5. The fourth-order valence-corrected chi connectivity index (χ4v) is 8.16. The average Bonchev–Trinajstić information content (AvgIpc) is 3.67. The maximum atomic E-state index is 8.41. The molecule has 2 N–H and O–H groups in total. The summed E-state index contributed by atoms with van der Waals surface area (Å²) < 4.78 is 22.6. The van der Waals surface area contributed by atoms with Gasteiger partial charge in [-0.2, -0.15) is 6.67 Å². The third kappa shape index (κ3) is 19.3. The SMILES string of the molecule is Cc1cc(C)c(N2[CH-]N(c3c(C)cc(C)cc3C)CC2)c(C)c1.OCCOCCOc1ccncc1.OCCOCCOc1ccncc1.[Cl][Ru]([Cl])=[CH]c1ccccc1. The summed E-state index contributed by atoms with van der Waals surface area (Å²) in [5.74, 6) is 1.56. The predicted octanol–water partition coefficient (Wildman–Crippen LogP) is 8.68. The molecule has 10 nitrogen and oxygen atoms in total. The van der Waals surface area contributed by atoms with E-state index in [1.165, 1.54) is 44.8 Å². The summed E-state index contributed by atoms with van der Waals surface area (Å²) in [4.78, 5) is 12.5. The molecule has 59 heavy (non-hydrogen) atoms. The van der Waals surface area contributed by atoms with Gasteiger partial charge in [0.15, 0.2) is 0 Å². The van der Waals surface area contributed by atoms with Crippen LogP contribution in [0.3, 0.4) is 0 Å². The van der Waals surface area contributed by atoms with Gasteiger partial charge in [-0.25, -0.2) is 0 Å². The van der Waals surface area contributed by atoms with E-state index in [-0.39, 0.29) is 13.2 Å². The molecule has 13 heteroatoms. The number of hydrogen-bond acceptors (Lipinski definition) is 10. The number of ether oxygens (including phenoxy) is 4. The van der Waals surface area contributed by atoms with Crippen LogP contribution in [0, 0.1) is 48.2 Å². The molecule has 0 atom stereocenters. The van der Waals surface area contributed by atoms with Crippen LogP contribution < -0.4 is 19.3 Å². The molecule has 0 aliphatic carbocycles. The van der Waals surface area contributed by atoms with Crippen molar-refractivity contribution in [2.24, 2.45) is 0 Å². The van der Waals surface area contributed by atoms with E-state index in [4.69, 9.17) is 48.5 Å². The Morgan fingerprint density at radius 3 is 1.34 bits per heavy atom. The van der Waals surface area contributed by atoms with Crippen LogP contribution in [0.5, 0.6) is 11.5 Å². The number of aryl methyl sites for hydroxylation is 6. The summed E-state index contributed by atoms with van der Waals surface area (Å²) >= 11 is -1.61. The second kappa shape index (κ2) is 28.5. The molecule has 0 radical (unpaired) electrons. The summed E-state index contributed by atoms with van der Waals surface area (Å²) in [6, 6.07) is 26.1. The Morgan fingerprint density at radius 1 is 0.593 bits per heavy atom. The van der Waals surface area contributed by atoms with Gasteiger partial charge < -0.3 is 39.0 Å². The van der Waals surface area contributed by atoms with Gasteiger partial charge in [-0.05, 0) is 88.1 Å². The number of halogens is 2. The molecule has 0 saturated carbocycles. The van der Waals surface area contributed by atoms with Gasteiger partial charge in [0.1, 0.15) is 24.7 Å². The fourth-order valence-electron chi connectivity index (χ4n) is 6.34. The van der Waals surface area contributed by atoms with Crippen molar-refractivity contribution in [1.82, 2.24) is 9.97 Å². The van der Waals surface area contributed by atoms with Crippen molar-refractivity contribution in [2.75, 3.05) is 75.7 Å². The second-order valence-corrected chi connectivity index (χ2v) is 19.2. The summed E-state index contributed by atoms with van der Waals surface area (Å²) in [5.41, 5.74) is 12.0. The number of aliphatic hydroxyl groups is 2. The molecule has 0 unspecified atom stereocenters. The van der Waals surface area contributed by atoms with Crippen LogP contribution in [0.2, 0.25) is 0 Å². The van der Waals surface area contributed by atoms with Crippen molar-refractivity contribution in [2.45, 2.75) is 41.5 Å². The van der Waals surface area contributed by atoms with Crippen molar-refractivity contribution < 1.29 is 42.7 Å². The standard InChI is InChI=1S/C21H27N2.2C9H13NO3.C7H6.2ClH.Ru/c1-14-9-16(3)20(17(4)10-14)22-7-8-23(13-22)21-18(5)11-15(2)12-19(21)6;2*11-5-6-12-7-8-13-9-1-3-10-4-2-9;1-7-5-3-2-4-6-7;;;/h9-13H,7-8H2,1-6H3;2*1-4,11H,5-8H2;1-6H;2*1H;/q-1;;;;;;+2/p-2. The molecule has 3 aromatic carbocycles. The summed E-state index contributed by atoms with van der Waals surface area (Å²) in [7, 11) is 11.3. The summed E-state index contributed by atoms with van der Waals surface area (Å²) in [5, 5.41) is 16.8. The van der Waals surface area contributed by atoms with E-state index in [9.17, 15) is 0 Å². The molecule has 0 amide bonds. The zero-order valence-corrected chi connectivity index (χ0v) is 38.2. The van der Waals surface area contributed by atoms with E-state index >= 15 is 0 Å². The zero-order valence-electron chi connectivity index (χ0n) is 35.0. The van der Waals surface area contributed by atoms with E-state index < -0.39 is 13.5 Å². The van der Waals surface area contributed by atoms with Gasteiger partial charge in [0, 0.05) is 49.3 Å². The number of benzene rings is 3. The quantitative estimate of drug-likeness (QED) is 0.0602. The molecule has 0 spiro atoms. The van der Waals surface area contributed by atoms with Crippen molar-refractivity contribution in [1.29, 1.82) is 0 Å². The first-order valence-electron chi connectivity index (χ1n) is 19.4. The molecule has 0 bridgehead atoms. The van der Waals surface area contributed by atoms with E-state index in [1.807, 2.05) is 34.9 Å². The van der Waals surface area contributed by atoms with Crippen molar-refractivity contribution in [3.63, 3.8) is 0 Å². The minimum atomic E-state index is -1.61. The molecule has 1 aliphatic heterocycles. The van der Waals surface area contributed by atoms with Gasteiger partial charge >= 0.3 is 73.4 Å².